The van der Waals surface area contributed by atoms with Crippen LogP contribution >= 0.6 is 0 Å². The summed E-state index contributed by atoms with van der Waals surface area (Å²) in [5, 5.41) is 11.5. The molecule has 0 bridgehead atoms. The van der Waals surface area contributed by atoms with Gasteiger partial charge < -0.3 is 47.1 Å². The molecule has 14 nitrogen and oxygen atoms in total. The molecule has 1 aromatic rings. The Labute approximate surface area is 328 Å². The van der Waals surface area contributed by atoms with Gasteiger partial charge >= 0.3 is 0 Å². The summed E-state index contributed by atoms with van der Waals surface area (Å²) in [7, 11) is 1.64. The predicted octanol–water partition coefficient (Wildman–Crippen LogP) is 2.90. The fourth-order valence-corrected chi connectivity index (χ4v) is 7.43. The second-order valence-electron chi connectivity index (χ2n) is 15.9. The number of nitrogens with one attached hydrogen (secondary N) is 4. The number of likely N-dealkylation sites (N-methyl/N-ethyl adjacent to an activating group) is 1. The van der Waals surface area contributed by atoms with Gasteiger partial charge in [0.15, 0.2) is 0 Å². The first-order valence-electron chi connectivity index (χ1n) is 20.5. The van der Waals surface area contributed by atoms with Gasteiger partial charge in [-0.1, -0.05) is 84.8 Å². The molecule has 1 aromatic carbocycles. The molecule has 0 radical (unpaired) electrons. The highest BCUT2D eigenvalue weighted by Crippen LogP contribution is 2.28. The fraction of sp³-hybridized carbons (Fsp3) is 0.732. The van der Waals surface area contributed by atoms with Crippen LogP contribution in [0.5, 0.6) is 5.75 Å². The summed E-state index contributed by atoms with van der Waals surface area (Å²) in [5.41, 5.74) is 12.7. The van der Waals surface area contributed by atoms with E-state index >= 15 is 0 Å². The zero-order valence-corrected chi connectivity index (χ0v) is 34.1. The van der Waals surface area contributed by atoms with Crippen molar-refractivity contribution < 1.29 is 33.4 Å². The van der Waals surface area contributed by atoms with Crippen LogP contribution in [0.3, 0.4) is 0 Å². The number of carbonyl (C=O) groups is 5. The molecule has 7 atom stereocenters. The van der Waals surface area contributed by atoms with Gasteiger partial charge in [0.2, 0.25) is 29.5 Å². The standard InChI is InChI=1S/C41H69N7O7/c1-7-8-9-13-19-35-28(5)41(53)48(6)34(20-26(2)3)39(51)47-36(30-16-11-10-12-17-30)40(52)45-32(23-43)37(49)46-33(38(50)44-27(4)24-55-35)25-54-31-18-14-15-29(21-31)22-42/h14-15,18,21,26-28,30,32-36H,7-13,16-17,19-20,22-25,42-43H2,1-6H3,(H,44,50)(H,45,52)(H,46,49)(H,47,51)/t27-,28-,32+,33+,34+,35-,36+/m1/s1. The van der Waals surface area contributed by atoms with Crippen LogP contribution in [0, 0.1) is 17.8 Å². The van der Waals surface area contributed by atoms with Gasteiger partial charge in [-0.15, -0.1) is 0 Å². The molecule has 1 saturated carbocycles. The van der Waals surface area contributed by atoms with Gasteiger partial charge in [-0.05, 0) is 62.1 Å². The second-order valence-corrected chi connectivity index (χ2v) is 15.9. The Morgan fingerprint density at radius 1 is 0.873 bits per heavy atom. The van der Waals surface area contributed by atoms with Crippen molar-refractivity contribution in [3.63, 3.8) is 0 Å². The smallest absolute Gasteiger partial charge is 0.246 e. The van der Waals surface area contributed by atoms with E-state index in [1.807, 2.05) is 26.8 Å². The van der Waals surface area contributed by atoms with Crippen molar-refractivity contribution in [2.75, 3.05) is 26.8 Å². The number of unbranched alkanes of at least 4 members (excludes halogenated alkanes) is 3. The molecule has 55 heavy (non-hydrogen) atoms. The van der Waals surface area contributed by atoms with Crippen molar-refractivity contribution in [1.82, 2.24) is 26.2 Å². The third-order valence-electron chi connectivity index (χ3n) is 10.8. The molecule has 0 unspecified atom stereocenters. The van der Waals surface area contributed by atoms with E-state index in [2.05, 4.69) is 28.2 Å². The summed E-state index contributed by atoms with van der Waals surface area (Å²) < 4.78 is 12.4. The number of rotatable bonds is 13. The van der Waals surface area contributed by atoms with Crippen LogP contribution in [0.1, 0.15) is 111 Å². The molecule has 2 aliphatic rings. The minimum atomic E-state index is -1.21. The summed E-state index contributed by atoms with van der Waals surface area (Å²) in [6.07, 6.45) is 8.77. The number of nitrogens with two attached hydrogens (primary N) is 2. The monoisotopic (exact) mass is 772 g/mol. The Hall–Kier alpha value is -3.75. The van der Waals surface area contributed by atoms with Gasteiger partial charge in [-0.3, -0.25) is 24.0 Å². The minimum absolute atomic E-state index is 0.0715. The van der Waals surface area contributed by atoms with Crippen molar-refractivity contribution in [1.29, 1.82) is 0 Å². The highest BCUT2D eigenvalue weighted by Gasteiger charge is 2.39. The maximum absolute atomic E-state index is 14.3. The van der Waals surface area contributed by atoms with Gasteiger partial charge in [0.25, 0.3) is 0 Å². The van der Waals surface area contributed by atoms with E-state index in [0.717, 1.165) is 63.4 Å². The lowest BCUT2D eigenvalue weighted by atomic mass is 9.83. The van der Waals surface area contributed by atoms with Crippen LogP contribution in [-0.4, -0.2) is 97.6 Å². The number of benzene rings is 1. The van der Waals surface area contributed by atoms with Crippen LogP contribution in [0.2, 0.25) is 0 Å². The molecule has 310 valence electrons. The van der Waals surface area contributed by atoms with E-state index in [4.69, 9.17) is 20.9 Å². The molecule has 14 heteroatoms. The molecular formula is C41H69N7O7. The zero-order valence-electron chi connectivity index (χ0n) is 34.1. The summed E-state index contributed by atoms with van der Waals surface area (Å²) in [6, 6.07) is 2.45. The predicted molar refractivity (Wildman–Crippen MR) is 213 cm³/mol. The average Bonchev–Trinajstić information content (AvgIpc) is 3.18. The first-order valence-corrected chi connectivity index (χ1v) is 20.5. The van der Waals surface area contributed by atoms with Gasteiger partial charge in [-0.2, -0.15) is 0 Å². The molecule has 3 rings (SSSR count). The molecule has 0 aromatic heterocycles. The van der Waals surface area contributed by atoms with Gasteiger partial charge in [0, 0.05) is 26.2 Å². The lowest BCUT2D eigenvalue weighted by Crippen LogP contribution is -2.62. The molecular weight excluding hydrogens is 702 g/mol. The number of carbonyl (C=O) groups excluding carboxylic acids is 5. The van der Waals surface area contributed by atoms with E-state index in [0.29, 0.717) is 25.1 Å². The number of amides is 5. The molecule has 1 saturated heterocycles. The Balaban J connectivity index is 2.02. The van der Waals surface area contributed by atoms with Crippen molar-refractivity contribution in [3.05, 3.63) is 29.8 Å². The van der Waals surface area contributed by atoms with Crippen molar-refractivity contribution in [2.24, 2.45) is 29.2 Å². The lowest BCUT2D eigenvalue weighted by Gasteiger charge is -2.36. The first-order chi connectivity index (χ1) is 26.3. The summed E-state index contributed by atoms with van der Waals surface area (Å²) in [6.45, 7) is 9.65. The van der Waals surface area contributed by atoms with Crippen molar-refractivity contribution >= 4 is 29.5 Å². The Morgan fingerprint density at radius 2 is 1.56 bits per heavy atom. The zero-order chi connectivity index (χ0) is 40.5. The Morgan fingerprint density at radius 3 is 2.22 bits per heavy atom. The normalized spacial score (nSPS) is 27.3. The largest absolute Gasteiger partial charge is 0.491 e. The number of nitrogens with zero attached hydrogens (tertiary/aromatic N) is 1. The van der Waals surface area contributed by atoms with Crippen LogP contribution < -0.4 is 37.5 Å². The van der Waals surface area contributed by atoms with Crippen LogP contribution in [0.4, 0.5) is 0 Å². The highest BCUT2D eigenvalue weighted by molar-refractivity contribution is 5.96. The fourth-order valence-electron chi connectivity index (χ4n) is 7.43. The molecule has 1 aliphatic carbocycles. The van der Waals surface area contributed by atoms with Crippen LogP contribution in [-0.2, 0) is 35.3 Å². The molecule has 8 N–H and O–H groups in total. The number of hydrogen-bond donors (Lipinski definition) is 6. The SMILES string of the molecule is CCCCCC[C@H]1OC[C@@H](C)NC(=O)[C@H](COc2cccc(CN)c2)NC(=O)[C@H](CN)NC(=O)[C@H](C2CCCCC2)NC(=O)[C@H](CC(C)C)N(C)C(=O)[C@@H]1C. The molecule has 0 spiro atoms. The minimum Gasteiger partial charge on any atom is -0.491 e. The second kappa shape index (κ2) is 23.3. The first kappa shape index (κ1) is 45.6. The molecule has 1 heterocycles. The number of ether oxygens (including phenoxy) is 2. The van der Waals surface area contributed by atoms with E-state index < -0.39 is 65.9 Å². The van der Waals surface area contributed by atoms with Gasteiger partial charge in [0.1, 0.15) is 36.5 Å². The van der Waals surface area contributed by atoms with Crippen molar-refractivity contribution in [3.8, 4) is 5.75 Å². The van der Waals surface area contributed by atoms with Gasteiger partial charge in [-0.25, -0.2) is 0 Å². The van der Waals surface area contributed by atoms with E-state index in [9.17, 15) is 24.0 Å². The van der Waals surface area contributed by atoms with Crippen LogP contribution in [0.25, 0.3) is 0 Å². The Bertz CT molecular complexity index is 1390. The summed E-state index contributed by atoms with van der Waals surface area (Å²) >= 11 is 0. The third kappa shape index (κ3) is 14.4. The average molecular weight is 772 g/mol. The Kier molecular flexibility index (Phi) is 19.4. The molecule has 2 fully saturated rings. The maximum Gasteiger partial charge on any atom is 0.246 e. The van der Waals surface area contributed by atoms with Crippen molar-refractivity contribution in [2.45, 2.75) is 148 Å². The maximum atomic E-state index is 14.3. The van der Waals surface area contributed by atoms with E-state index in [1.54, 1.807) is 32.2 Å². The lowest BCUT2D eigenvalue weighted by molar-refractivity contribution is -0.147. The van der Waals surface area contributed by atoms with E-state index in [-0.39, 0.29) is 37.5 Å². The number of hydrogen-bond acceptors (Lipinski definition) is 9. The molecule has 1 aliphatic heterocycles. The summed E-state index contributed by atoms with van der Waals surface area (Å²) in [5.74, 6) is -2.62. The van der Waals surface area contributed by atoms with Crippen LogP contribution in [0.15, 0.2) is 24.3 Å². The quantitative estimate of drug-likeness (QED) is 0.163. The summed E-state index contributed by atoms with van der Waals surface area (Å²) in [4.78, 5) is 71.7. The van der Waals surface area contributed by atoms with Gasteiger partial charge in [0.05, 0.1) is 18.6 Å². The topological polar surface area (TPSA) is 207 Å². The highest BCUT2D eigenvalue weighted by atomic mass is 16.5. The third-order valence-corrected chi connectivity index (χ3v) is 10.8. The molecule has 5 amide bonds. The van der Waals surface area contributed by atoms with E-state index in [1.165, 1.54) is 4.90 Å².